The van der Waals surface area contributed by atoms with Crippen molar-refractivity contribution in [2.24, 2.45) is 5.92 Å². The lowest BCUT2D eigenvalue weighted by Crippen LogP contribution is -2.51. The van der Waals surface area contributed by atoms with Gasteiger partial charge in [-0.2, -0.15) is 0 Å². The van der Waals surface area contributed by atoms with E-state index in [2.05, 4.69) is 26.1 Å². The molecule has 0 aliphatic carbocycles. The van der Waals surface area contributed by atoms with E-state index >= 15 is 0 Å². The Hall–Kier alpha value is -2.58. The van der Waals surface area contributed by atoms with Gasteiger partial charge in [0.15, 0.2) is 0 Å². The first kappa shape index (κ1) is 29.6. The molecule has 0 aliphatic heterocycles. The number of anilines is 1. The quantitative estimate of drug-likeness (QED) is 0.482. The molecular weight excluding hydrogens is 498 g/mol. The Morgan fingerprint density at radius 2 is 1.64 bits per heavy atom. The third kappa shape index (κ3) is 8.52. The Bertz CT molecular complexity index is 1160. The predicted octanol–water partition coefficient (Wildman–Crippen LogP) is 4.59. The molecule has 2 rings (SSSR count). The van der Waals surface area contributed by atoms with Crippen LogP contribution in [0.25, 0.3) is 0 Å². The number of benzene rings is 2. The SMILES string of the molecule is CC(C)CNC(=O)[C@H](C)N(Cc1cccc(Cl)c1)C(=O)CN(c1ccc(C(C)(C)C)cc1)S(C)(=O)=O. The highest BCUT2D eigenvalue weighted by Gasteiger charge is 2.30. The lowest BCUT2D eigenvalue weighted by atomic mass is 9.87. The fourth-order valence-electron chi connectivity index (χ4n) is 3.61. The molecule has 0 saturated heterocycles. The van der Waals surface area contributed by atoms with Crippen LogP contribution in [0.5, 0.6) is 0 Å². The second-order valence-corrected chi connectivity index (χ2v) is 12.9. The first-order valence-electron chi connectivity index (χ1n) is 12.0. The molecular formula is C27H38ClN3O4S. The number of amides is 2. The van der Waals surface area contributed by atoms with Crippen molar-refractivity contribution in [1.82, 2.24) is 10.2 Å². The highest BCUT2D eigenvalue weighted by Crippen LogP contribution is 2.26. The van der Waals surface area contributed by atoms with Gasteiger partial charge in [0, 0.05) is 18.1 Å². The summed E-state index contributed by atoms with van der Waals surface area (Å²) in [5.74, 6) is -0.554. The summed E-state index contributed by atoms with van der Waals surface area (Å²) in [4.78, 5) is 27.8. The van der Waals surface area contributed by atoms with Crippen molar-refractivity contribution in [3.8, 4) is 0 Å². The Balaban J connectivity index is 2.38. The van der Waals surface area contributed by atoms with Crippen molar-refractivity contribution >= 4 is 39.1 Å². The van der Waals surface area contributed by atoms with E-state index in [-0.39, 0.29) is 23.8 Å². The standard InChI is InChI=1S/C27H38ClN3O4S/c1-19(2)16-29-26(33)20(3)30(17-21-9-8-10-23(28)15-21)25(32)18-31(36(7,34)35)24-13-11-22(12-14-24)27(4,5)6/h8-15,19-20H,16-18H2,1-7H3,(H,29,33)/t20-/m0/s1. The number of hydrogen-bond acceptors (Lipinski definition) is 4. The molecule has 0 fully saturated rings. The summed E-state index contributed by atoms with van der Waals surface area (Å²) in [5.41, 5.74) is 2.07. The minimum atomic E-state index is -3.78. The zero-order valence-corrected chi connectivity index (χ0v) is 23.8. The molecule has 2 amide bonds. The van der Waals surface area contributed by atoms with E-state index in [0.717, 1.165) is 21.7 Å². The Morgan fingerprint density at radius 3 is 2.14 bits per heavy atom. The number of hydrogen-bond donors (Lipinski definition) is 1. The van der Waals surface area contributed by atoms with Crippen molar-refractivity contribution in [2.45, 2.75) is 59.5 Å². The van der Waals surface area contributed by atoms with Crippen molar-refractivity contribution < 1.29 is 18.0 Å². The molecule has 0 unspecified atom stereocenters. The lowest BCUT2D eigenvalue weighted by molar-refractivity contribution is -0.139. The molecule has 0 aromatic heterocycles. The fourth-order valence-corrected chi connectivity index (χ4v) is 4.67. The van der Waals surface area contributed by atoms with Crippen LogP contribution >= 0.6 is 11.6 Å². The van der Waals surface area contributed by atoms with Gasteiger partial charge in [-0.15, -0.1) is 0 Å². The molecule has 0 heterocycles. The zero-order valence-electron chi connectivity index (χ0n) is 22.2. The van der Waals surface area contributed by atoms with E-state index in [1.165, 1.54) is 4.90 Å². The summed E-state index contributed by atoms with van der Waals surface area (Å²) in [7, 11) is -3.78. The molecule has 2 aromatic rings. The topological polar surface area (TPSA) is 86.8 Å². The minimum absolute atomic E-state index is 0.100. The van der Waals surface area contributed by atoms with Crippen LogP contribution in [0.2, 0.25) is 5.02 Å². The van der Waals surface area contributed by atoms with E-state index in [4.69, 9.17) is 11.6 Å². The maximum Gasteiger partial charge on any atom is 0.244 e. The van der Waals surface area contributed by atoms with Gasteiger partial charge in [0.05, 0.1) is 11.9 Å². The monoisotopic (exact) mass is 535 g/mol. The maximum absolute atomic E-state index is 13.6. The number of nitrogens with zero attached hydrogens (tertiary/aromatic N) is 2. The Kier molecular flexibility index (Phi) is 9.97. The van der Waals surface area contributed by atoms with Crippen molar-refractivity contribution in [1.29, 1.82) is 0 Å². The van der Waals surface area contributed by atoms with Crippen LogP contribution in [-0.2, 0) is 31.6 Å². The molecule has 9 heteroatoms. The van der Waals surface area contributed by atoms with Gasteiger partial charge in [-0.1, -0.05) is 70.5 Å². The first-order valence-corrected chi connectivity index (χ1v) is 14.2. The van der Waals surface area contributed by atoms with Gasteiger partial charge in [-0.05, 0) is 53.6 Å². The molecule has 0 aliphatic rings. The van der Waals surface area contributed by atoms with E-state index in [1.54, 1.807) is 37.3 Å². The summed E-state index contributed by atoms with van der Waals surface area (Å²) in [5, 5.41) is 3.37. The van der Waals surface area contributed by atoms with E-state index in [0.29, 0.717) is 17.3 Å². The van der Waals surface area contributed by atoms with Gasteiger partial charge in [0.2, 0.25) is 21.8 Å². The van der Waals surface area contributed by atoms with Gasteiger partial charge in [0.1, 0.15) is 12.6 Å². The first-order chi connectivity index (χ1) is 16.6. The molecule has 2 aromatic carbocycles. The predicted molar refractivity (Wildman–Crippen MR) is 147 cm³/mol. The number of sulfonamides is 1. The van der Waals surface area contributed by atoms with Crippen LogP contribution in [-0.4, -0.2) is 50.5 Å². The average molecular weight is 536 g/mol. The van der Waals surface area contributed by atoms with Crippen molar-refractivity contribution in [3.05, 3.63) is 64.7 Å². The summed E-state index contributed by atoms with van der Waals surface area (Å²) >= 11 is 6.13. The van der Waals surface area contributed by atoms with Crippen LogP contribution in [0.3, 0.4) is 0 Å². The van der Waals surface area contributed by atoms with Gasteiger partial charge < -0.3 is 10.2 Å². The molecule has 7 nitrogen and oxygen atoms in total. The molecule has 198 valence electrons. The summed E-state index contributed by atoms with van der Waals surface area (Å²) < 4.78 is 26.5. The summed E-state index contributed by atoms with van der Waals surface area (Å²) in [6.07, 6.45) is 1.07. The minimum Gasteiger partial charge on any atom is -0.354 e. The molecule has 0 radical (unpaired) electrons. The van der Waals surface area contributed by atoms with Crippen LogP contribution in [0.15, 0.2) is 48.5 Å². The van der Waals surface area contributed by atoms with Crippen LogP contribution < -0.4 is 9.62 Å². The number of rotatable bonds is 10. The van der Waals surface area contributed by atoms with Gasteiger partial charge in [0.25, 0.3) is 0 Å². The summed E-state index contributed by atoms with van der Waals surface area (Å²) in [6.45, 7) is 12.0. The number of carbonyl (C=O) groups excluding carboxylic acids is 2. The van der Waals surface area contributed by atoms with Crippen LogP contribution in [0.1, 0.15) is 52.7 Å². The largest absolute Gasteiger partial charge is 0.354 e. The maximum atomic E-state index is 13.6. The van der Waals surface area contributed by atoms with E-state index in [9.17, 15) is 18.0 Å². The number of halogens is 1. The highest BCUT2D eigenvalue weighted by atomic mass is 35.5. The highest BCUT2D eigenvalue weighted by molar-refractivity contribution is 7.92. The molecule has 36 heavy (non-hydrogen) atoms. The third-order valence-corrected chi connectivity index (χ3v) is 7.17. The molecule has 1 atom stereocenters. The molecule has 0 saturated carbocycles. The summed E-state index contributed by atoms with van der Waals surface area (Å²) in [6, 6.07) is 13.3. The molecule has 0 bridgehead atoms. The fraction of sp³-hybridized carbons (Fsp3) is 0.481. The smallest absolute Gasteiger partial charge is 0.244 e. The zero-order chi connectivity index (χ0) is 27.3. The lowest BCUT2D eigenvalue weighted by Gasteiger charge is -2.32. The Morgan fingerprint density at radius 1 is 1.03 bits per heavy atom. The third-order valence-electron chi connectivity index (χ3n) is 5.79. The second kappa shape index (κ2) is 12.1. The van der Waals surface area contributed by atoms with Crippen LogP contribution in [0, 0.1) is 5.92 Å². The van der Waals surface area contributed by atoms with Gasteiger partial charge >= 0.3 is 0 Å². The van der Waals surface area contributed by atoms with Crippen molar-refractivity contribution in [3.63, 3.8) is 0 Å². The number of nitrogens with one attached hydrogen (secondary N) is 1. The van der Waals surface area contributed by atoms with E-state index in [1.807, 2.05) is 32.0 Å². The van der Waals surface area contributed by atoms with Gasteiger partial charge in [-0.25, -0.2) is 8.42 Å². The van der Waals surface area contributed by atoms with Crippen LogP contribution in [0.4, 0.5) is 5.69 Å². The van der Waals surface area contributed by atoms with E-state index < -0.39 is 28.5 Å². The van der Waals surface area contributed by atoms with Crippen molar-refractivity contribution in [2.75, 3.05) is 23.7 Å². The normalized spacial score (nSPS) is 12.8. The molecule has 0 spiro atoms. The number of carbonyl (C=O) groups is 2. The second-order valence-electron chi connectivity index (χ2n) is 10.5. The average Bonchev–Trinajstić information content (AvgIpc) is 2.77. The van der Waals surface area contributed by atoms with Gasteiger partial charge in [-0.3, -0.25) is 13.9 Å². The molecule has 1 N–H and O–H groups in total. The Labute approximate surface area is 220 Å².